The van der Waals surface area contributed by atoms with Crippen LogP contribution in [0.4, 0.5) is 0 Å². The number of methoxy groups -OCH3 is 1. The first-order valence-corrected chi connectivity index (χ1v) is 10.4. The fourth-order valence-corrected chi connectivity index (χ4v) is 4.07. The molecule has 2 rings (SSSR count). The predicted molar refractivity (Wildman–Crippen MR) is 107 cm³/mol. The summed E-state index contributed by atoms with van der Waals surface area (Å²) in [5, 5.41) is 13.3. The molecule has 0 aliphatic heterocycles. The van der Waals surface area contributed by atoms with E-state index in [4.69, 9.17) is 16.3 Å². The Balaban J connectivity index is 2.17. The van der Waals surface area contributed by atoms with Gasteiger partial charge in [0, 0.05) is 23.2 Å². The Labute approximate surface area is 169 Å². The quantitative estimate of drug-likeness (QED) is 0.601. The summed E-state index contributed by atoms with van der Waals surface area (Å²) in [6, 6.07) is 10.4. The van der Waals surface area contributed by atoms with Gasteiger partial charge in [-0.2, -0.15) is 0 Å². The van der Waals surface area contributed by atoms with Crippen LogP contribution in [-0.2, 0) is 10.0 Å². The van der Waals surface area contributed by atoms with Crippen LogP contribution in [-0.4, -0.2) is 39.1 Å². The van der Waals surface area contributed by atoms with Crippen molar-refractivity contribution in [2.75, 3.05) is 13.7 Å². The minimum atomic E-state index is -3.85. The second kappa shape index (κ2) is 9.38. The van der Waals surface area contributed by atoms with Gasteiger partial charge in [0.05, 0.1) is 13.2 Å². The van der Waals surface area contributed by atoms with Gasteiger partial charge in [-0.05, 0) is 49.7 Å². The third kappa shape index (κ3) is 5.68. The third-order valence-electron chi connectivity index (χ3n) is 3.82. The number of hydrogen-bond donors (Lipinski definition) is 3. The van der Waals surface area contributed by atoms with E-state index in [1.807, 2.05) is 0 Å². The van der Waals surface area contributed by atoms with Crippen LogP contribution < -0.4 is 14.8 Å². The maximum absolute atomic E-state index is 12.5. The highest BCUT2D eigenvalue weighted by molar-refractivity contribution is 7.89. The Kier molecular flexibility index (Phi) is 7.42. The Morgan fingerprint density at radius 1 is 1.18 bits per heavy atom. The van der Waals surface area contributed by atoms with Crippen LogP contribution in [0.5, 0.6) is 5.75 Å². The molecule has 0 aliphatic carbocycles. The summed E-state index contributed by atoms with van der Waals surface area (Å²) < 4.78 is 32.6. The van der Waals surface area contributed by atoms with Crippen molar-refractivity contribution in [1.82, 2.24) is 10.0 Å². The SMILES string of the molecule is COc1ccc(C(=O)NC[C@@H](O)c2ccc(Cl)cc2)cc1S(=O)(=O)NC(C)C. The average molecular weight is 427 g/mol. The van der Waals surface area contributed by atoms with Crippen molar-refractivity contribution in [2.45, 2.75) is 30.9 Å². The molecule has 0 spiro atoms. The fourth-order valence-electron chi connectivity index (χ4n) is 2.50. The largest absolute Gasteiger partial charge is 0.495 e. The van der Waals surface area contributed by atoms with E-state index >= 15 is 0 Å². The lowest BCUT2D eigenvalue weighted by Crippen LogP contribution is -2.31. The molecule has 152 valence electrons. The monoisotopic (exact) mass is 426 g/mol. The summed E-state index contributed by atoms with van der Waals surface area (Å²) in [5.74, 6) is -0.387. The van der Waals surface area contributed by atoms with Crippen molar-refractivity contribution in [3.8, 4) is 5.75 Å². The van der Waals surface area contributed by atoms with Gasteiger partial charge in [-0.15, -0.1) is 0 Å². The van der Waals surface area contributed by atoms with E-state index in [1.165, 1.54) is 25.3 Å². The number of carbonyl (C=O) groups excluding carboxylic acids is 1. The Bertz CT molecular complexity index is 930. The first kappa shape index (κ1) is 22.2. The zero-order valence-corrected chi connectivity index (χ0v) is 17.3. The molecule has 0 saturated carbocycles. The number of hydrogen-bond acceptors (Lipinski definition) is 5. The van der Waals surface area contributed by atoms with Crippen LogP contribution in [0.25, 0.3) is 0 Å². The highest BCUT2D eigenvalue weighted by atomic mass is 35.5. The molecule has 0 bridgehead atoms. The van der Waals surface area contributed by atoms with E-state index in [0.717, 1.165) is 0 Å². The topological polar surface area (TPSA) is 105 Å². The molecule has 0 fully saturated rings. The summed E-state index contributed by atoms with van der Waals surface area (Å²) in [7, 11) is -2.50. The summed E-state index contributed by atoms with van der Waals surface area (Å²) in [4.78, 5) is 12.3. The maximum atomic E-state index is 12.5. The van der Waals surface area contributed by atoms with Crippen molar-refractivity contribution < 1.29 is 23.1 Å². The lowest BCUT2D eigenvalue weighted by atomic mass is 10.1. The van der Waals surface area contributed by atoms with E-state index in [1.54, 1.807) is 38.1 Å². The minimum Gasteiger partial charge on any atom is -0.495 e. The van der Waals surface area contributed by atoms with Gasteiger partial charge in [0.2, 0.25) is 10.0 Å². The number of benzene rings is 2. The first-order valence-electron chi connectivity index (χ1n) is 8.56. The molecule has 0 radical (unpaired) electrons. The van der Waals surface area contributed by atoms with Crippen molar-refractivity contribution >= 4 is 27.5 Å². The van der Waals surface area contributed by atoms with Crippen LogP contribution in [0.2, 0.25) is 5.02 Å². The number of sulfonamides is 1. The summed E-state index contributed by atoms with van der Waals surface area (Å²) in [5.41, 5.74) is 0.733. The molecular formula is C19H23ClN2O5S. The molecule has 28 heavy (non-hydrogen) atoms. The van der Waals surface area contributed by atoms with Gasteiger partial charge in [-0.3, -0.25) is 4.79 Å². The summed E-state index contributed by atoms with van der Waals surface area (Å²) in [6.07, 6.45) is -0.926. The van der Waals surface area contributed by atoms with Crippen molar-refractivity contribution in [2.24, 2.45) is 0 Å². The zero-order valence-electron chi connectivity index (χ0n) is 15.8. The Morgan fingerprint density at radius 2 is 1.82 bits per heavy atom. The van der Waals surface area contributed by atoms with E-state index in [9.17, 15) is 18.3 Å². The van der Waals surface area contributed by atoms with E-state index in [-0.39, 0.29) is 28.8 Å². The standard InChI is InChI=1S/C19H23ClN2O5S/c1-12(2)22-28(25,26)18-10-14(6-9-17(18)27-3)19(24)21-11-16(23)13-4-7-15(20)8-5-13/h4-10,12,16,22-23H,11H2,1-3H3,(H,21,24)/t16-/m1/s1. The number of amides is 1. The molecule has 0 aliphatic rings. The number of carbonyl (C=O) groups is 1. The highest BCUT2D eigenvalue weighted by Crippen LogP contribution is 2.25. The van der Waals surface area contributed by atoms with Crippen LogP contribution in [0.1, 0.15) is 35.9 Å². The molecule has 2 aromatic rings. The zero-order chi connectivity index (χ0) is 20.9. The number of aliphatic hydroxyl groups is 1. The number of rotatable bonds is 8. The molecule has 3 N–H and O–H groups in total. The number of halogens is 1. The first-order chi connectivity index (χ1) is 13.1. The number of ether oxygens (including phenoxy) is 1. The highest BCUT2D eigenvalue weighted by Gasteiger charge is 2.22. The molecular weight excluding hydrogens is 404 g/mol. The molecule has 0 unspecified atom stereocenters. The van der Waals surface area contributed by atoms with Gasteiger partial charge in [-0.1, -0.05) is 23.7 Å². The number of nitrogens with one attached hydrogen (secondary N) is 2. The van der Waals surface area contributed by atoms with E-state index < -0.39 is 22.0 Å². The van der Waals surface area contributed by atoms with E-state index in [2.05, 4.69) is 10.0 Å². The Hall–Kier alpha value is -2.13. The van der Waals surface area contributed by atoms with Gasteiger partial charge in [0.1, 0.15) is 10.6 Å². The van der Waals surface area contributed by atoms with Gasteiger partial charge in [-0.25, -0.2) is 13.1 Å². The Morgan fingerprint density at radius 3 is 2.39 bits per heavy atom. The van der Waals surface area contributed by atoms with Crippen LogP contribution in [0.3, 0.4) is 0 Å². The molecule has 2 aromatic carbocycles. The molecule has 0 aromatic heterocycles. The third-order valence-corrected chi connectivity index (χ3v) is 5.75. The molecule has 0 saturated heterocycles. The van der Waals surface area contributed by atoms with Crippen molar-refractivity contribution in [1.29, 1.82) is 0 Å². The normalized spacial score (nSPS) is 12.6. The van der Waals surface area contributed by atoms with Crippen LogP contribution in [0, 0.1) is 0 Å². The second-order valence-electron chi connectivity index (χ2n) is 6.42. The molecule has 9 heteroatoms. The van der Waals surface area contributed by atoms with Gasteiger partial charge >= 0.3 is 0 Å². The van der Waals surface area contributed by atoms with Crippen LogP contribution in [0.15, 0.2) is 47.4 Å². The molecule has 0 heterocycles. The lowest BCUT2D eigenvalue weighted by Gasteiger charge is -2.15. The lowest BCUT2D eigenvalue weighted by molar-refractivity contribution is 0.0916. The average Bonchev–Trinajstić information content (AvgIpc) is 2.64. The molecule has 1 amide bonds. The van der Waals surface area contributed by atoms with Crippen molar-refractivity contribution in [3.63, 3.8) is 0 Å². The van der Waals surface area contributed by atoms with Gasteiger partial charge < -0.3 is 15.2 Å². The van der Waals surface area contributed by atoms with Gasteiger partial charge in [0.25, 0.3) is 5.91 Å². The van der Waals surface area contributed by atoms with Crippen LogP contribution >= 0.6 is 11.6 Å². The van der Waals surface area contributed by atoms with E-state index in [0.29, 0.717) is 10.6 Å². The number of aliphatic hydroxyl groups excluding tert-OH is 1. The smallest absolute Gasteiger partial charge is 0.251 e. The second-order valence-corrected chi connectivity index (χ2v) is 8.54. The van der Waals surface area contributed by atoms with Crippen molar-refractivity contribution in [3.05, 3.63) is 58.6 Å². The predicted octanol–water partition coefficient (Wildman–Crippen LogP) is 2.50. The summed E-state index contributed by atoms with van der Waals surface area (Å²) >= 11 is 5.82. The maximum Gasteiger partial charge on any atom is 0.251 e. The molecule has 1 atom stereocenters. The fraction of sp³-hybridized carbons (Fsp3) is 0.316. The molecule has 7 nitrogen and oxygen atoms in total. The summed E-state index contributed by atoms with van der Waals surface area (Å²) in [6.45, 7) is 3.34. The van der Waals surface area contributed by atoms with Gasteiger partial charge in [0.15, 0.2) is 0 Å². The minimum absolute atomic E-state index is 0.0428.